The number of hydrogen-bond donors (Lipinski definition) is 1. The molecule has 0 spiro atoms. The van der Waals surface area contributed by atoms with Gasteiger partial charge < -0.3 is 19.4 Å². The van der Waals surface area contributed by atoms with E-state index in [2.05, 4.69) is 65.8 Å². The predicted octanol–water partition coefficient (Wildman–Crippen LogP) is 5.73. The Kier molecular flexibility index (Phi) is 5.69. The van der Waals surface area contributed by atoms with Gasteiger partial charge in [-0.2, -0.15) is 0 Å². The van der Waals surface area contributed by atoms with Crippen LogP contribution in [0.5, 0.6) is 5.88 Å². The molecule has 190 valence electrons. The Morgan fingerprint density at radius 1 is 1.11 bits per heavy atom. The third kappa shape index (κ3) is 5.04. The van der Waals surface area contributed by atoms with Gasteiger partial charge in [-0.3, -0.25) is 4.79 Å². The number of Topliss-reactive ketones (excluding diaryl/α,β-unsaturated/α-hetero) is 1. The number of rotatable bonds is 8. The fourth-order valence-corrected chi connectivity index (χ4v) is 5.34. The minimum Gasteiger partial charge on any atom is -0.476 e. The van der Waals surface area contributed by atoms with E-state index in [0.717, 1.165) is 50.5 Å². The zero-order valence-electron chi connectivity index (χ0n) is 21.3. The van der Waals surface area contributed by atoms with Crippen LogP contribution in [0.3, 0.4) is 0 Å². The summed E-state index contributed by atoms with van der Waals surface area (Å²) in [4.78, 5) is 19.4. The van der Waals surface area contributed by atoms with Crippen LogP contribution in [0.2, 0.25) is 0 Å². The molecule has 1 aromatic carbocycles. The summed E-state index contributed by atoms with van der Waals surface area (Å²) in [7, 11) is 0. The van der Waals surface area contributed by atoms with Gasteiger partial charge in [0.15, 0.2) is 0 Å². The number of thiazole rings is 1. The summed E-state index contributed by atoms with van der Waals surface area (Å²) in [5.41, 5.74) is 10.8. The van der Waals surface area contributed by atoms with Crippen LogP contribution in [0.15, 0.2) is 59.3 Å². The maximum atomic E-state index is 12.6. The van der Waals surface area contributed by atoms with Crippen LogP contribution >= 0.6 is 11.3 Å². The van der Waals surface area contributed by atoms with E-state index in [-0.39, 0.29) is 23.2 Å². The van der Waals surface area contributed by atoms with E-state index in [1.165, 1.54) is 0 Å². The molecule has 1 fully saturated rings. The average Bonchev–Trinajstić information content (AvgIpc) is 3.19. The molecule has 0 radical (unpaired) electrons. The SMILES string of the molecule is CC(C)(C)c1cc(CC(=O)Cc2ccc(-c3cc4sc5nc(OCC6(N)CC6)ccc5n4c3)cc2)no1. The van der Waals surface area contributed by atoms with Gasteiger partial charge in [-0.25, -0.2) is 4.98 Å². The van der Waals surface area contributed by atoms with Crippen molar-refractivity contribution in [2.75, 3.05) is 6.61 Å². The molecule has 8 heteroatoms. The molecule has 0 saturated heterocycles. The lowest BCUT2D eigenvalue weighted by Gasteiger charge is -2.12. The number of hydrogen-bond acceptors (Lipinski definition) is 7. The highest BCUT2D eigenvalue weighted by molar-refractivity contribution is 7.23. The molecule has 0 aliphatic heterocycles. The first-order chi connectivity index (χ1) is 17.6. The van der Waals surface area contributed by atoms with E-state index in [1.54, 1.807) is 11.3 Å². The summed E-state index contributed by atoms with van der Waals surface area (Å²) >= 11 is 1.64. The quantitative estimate of drug-likeness (QED) is 0.284. The van der Waals surface area contributed by atoms with Crippen molar-refractivity contribution in [3.05, 3.63) is 71.7 Å². The van der Waals surface area contributed by atoms with E-state index in [9.17, 15) is 4.79 Å². The number of ketones is 1. The van der Waals surface area contributed by atoms with Gasteiger partial charge in [-0.1, -0.05) is 61.5 Å². The molecule has 6 rings (SSSR count). The van der Waals surface area contributed by atoms with Gasteiger partial charge >= 0.3 is 0 Å². The van der Waals surface area contributed by atoms with Crippen molar-refractivity contribution in [2.45, 2.75) is 57.4 Å². The third-order valence-corrected chi connectivity index (χ3v) is 7.84. The highest BCUT2D eigenvalue weighted by Crippen LogP contribution is 2.34. The molecular formula is C29H30N4O3S. The van der Waals surface area contributed by atoms with Gasteiger partial charge in [0.05, 0.1) is 23.2 Å². The summed E-state index contributed by atoms with van der Waals surface area (Å²) in [5, 5.41) is 4.07. The lowest BCUT2D eigenvalue weighted by Crippen LogP contribution is -2.29. The largest absolute Gasteiger partial charge is 0.476 e. The number of carbonyl (C=O) groups is 1. The van der Waals surface area contributed by atoms with Gasteiger partial charge in [0, 0.05) is 35.7 Å². The number of nitrogens with zero attached hydrogens (tertiary/aromatic N) is 3. The molecule has 4 aromatic heterocycles. The fraction of sp³-hybridized carbons (Fsp3) is 0.345. The predicted molar refractivity (Wildman–Crippen MR) is 145 cm³/mol. The van der Waals surface area contributed by atoms with Gasteiger partial charge in [0.1, 0.15) is 27.8 Å². The molecule has 5 aromatic rings. The molecule has 2 N–H and O–H groups in total. The molecule has 1 aliphatic carbocycles. The fourth-order valence-electron chi connectivity index (χ4n) is 4.30. The first-order valence-electron chi connectivity index (χ1n) is 12.6. The Morgan fingerprint density at radius 3 is 2.59 bits per heavy atom. The normalized spacial score (nSPS) is 14.9. The molecular weight excluding hydrogens is 484 g/mol. The van der Waals surface area contributed by atoms with Crippen LogP contribution in [0.1, 0.15) is 50.6 Å². The Hall–Kier alpha value is -3.49. The van der Waals surface area contributed by atoms with Crippen molar-refractivity contribution in [1.29, 1.82) is 0 Å². The second-order valence-corrected chi connectivity index (χ2v) is 12.2. The Labute approximate surface area is 219 Å². The Balaban J connectivity index is 1.13. The number of carbonyl (C=O) groups excluding carboxylic acids is 1. The number of aromatic nitrogens is 3. The van der Waals surface area contributed by atoms with E-state index >= 15 is 0 Å². The van der Waals surface area contributed by atoms with Crippen molar-refractivity contribution in [3.63, 3.8) is 0 Å². The minimum absolute atomic E-state index is 0.118. The summed E-state index contributed by atoms with van der Waals surface area (Å²) in [6.07, 6.45) is 4.80. The summed E-state index contributed by atoms with van der Waals surface area (Å²) in [6.45, 7) is 6.70. The summed E-state index contributed by atoms with van der Waals surface area (Å²) in [5.74, 6) is 1.53. The minimum atomic E-state index is -0.163. The topological polar surface area (TPSA) is 95.6 Å². The summed E-state index contributed by atoms with van der Waals surface area (Å²) < 4.78 is 13.4. The van der Waals surface area contributed by atoms with Crippen molar-refractivity contribution in [2.24, 2.45) is 5.73 Å². The first kappa shape index (κ1) is 23.9. The van der Waals surface area contributed by atoms with Crippen LogP contribution in [0.25, 0.3) is 26.3 Å². The van der Waals surface area contributed by atoms with Crippen molar-refractivity contribution >= 4 is 32.3 Å². The molecule has 4 heterocycles. The van der Waals surface area contributed by atoms with Crippen molar-refractivity contribution < 1.29 is 14.1 Å². The third-order valence-electron chi connectivity index (χ3n) is 6.82. The number of pyridine rings is 1. The zero-order valence-corrected chi connectivity index (χ0v) is 22.1. The van der Waals surface area contributed by atoms with Crippen LogP contribution in [-0.2, 0) is 23.1 Å². The lowest BCUT2D eigenvalue weighted by molar-refractivity contribution is -0.117. The Bertz CT molecular complexity index is 1600. The number of ether oxygens (including phenoxy) is 1. The van der Waals surface area contributed by atoms with Crippen molar-refractivity contribution in [3.8, 4) is 17.0 Å². The van der Waals surface area contributed by atoms with Gasteiger partial charge in [-0.15, -0.1) is 0 Å². The molecule has 0 amide bonds. The maximum Gasteiger partial charge on any atom is 0.214 e. The number of fused-ring (bicyclic) bond motifs is 3. The van der Waals surface area contributed by atoms with Crippen molar-refractivity contribution in [1.82, 2.24) is 14.5 Å². The summed E-state index contributed by atoms with van der Waals surface area (Å²) in [6, 6.07) is 16.2. The smallest absolute Gasteiger partial charge is 0.214 e. The monoisotopic (exact) mass is 514 g/mol. The molecule has 0 unspecified atom stereocenters. The lowest BCUT2D eigenvalue weighted by atomic mass is 9.93. The molecule has 1 aliphatic rings. The van der Waals surface area contributed by atoms with Crippen LogP contribution in [-0.4, -0.2) is 32.5 Å². The second-order valence-electron chi connectivity index (χ2n) is 11.2. The molecule has 1 saturated carbocycles. The highest BCUT2D eigenvalue weighted by atomic mass is 32.1. The van der Waals surface area contributed by atoms with E-state index in [4.69, 9.17) is 15.0 Å². The molecule has 7 nitrogen and oxygen atoms in total. The Morgan fingerprint density at radius 2 is 1.89 bits per heavy atom. The van der Waals surface area contributed by atoms with E-state index in [0.29, 0.717) is 24.6 Å². The van der Waals surface area contributed by atoms with Gasteiger partial charge in [0.2, 0.25) is 5.88 Å². The van der Waals surface area contributed by atoms with Crippen LogP contribution < -0.4 is 10.5 Å². The van der Waals surface area contributed by atoms with Gasteiger partial charge in [-0.05, 0) is 36.1 Å². The number of nitrogens with two attached hydrogens (primary N) is 1. The zero-order chi connectivity index (χ0) is 25.8. The average molecular weight is 515 g/mol. The molecule has 37 heavy (non-hydrogen) atoms. The number of benzene rings is 1. The maximum absolute atomic E-state index is 12.6. The standard InChI is InChI=1S/C29H30N4O3S/c1-28(2,3)24-15-21(32-36-24)14-22(34)12-18-4-6-19(7-5-18)20-13-26-33(16-20)23-8-9-25(31-27(23)37-26)35-17-29(30)10-11-29/h4-9,13,15-16H,10-12,14,17,30H2,1-3H3. The van der Waals surface area contributed by atoms with Gasteiger partial charge in [0.25, 0.3) is 0 Å². The van der Waals surface area contributed by atoms with Crippen LogP contribution in [0, 0.1) is 0 Å². The van der Waals surface area contributed by atoms with Crippen LogP contribution in [0.4, 0.5) is 0 Å². The first-order valence-corrected chi connectivity index (χ1v) is 13.4. The van der Waals surface area contributed by atoms with E-state index < -0.39 is 0 Å². The van der Waals surface area contributed by atoms with E-state index in [1.807, 2.05) is 24.3 Å². The highest BCUT2D eigenvalue weighted by Gasteiger charge is 2.39. The second kappa shape index (κ2) is 8.82. The molecule has 0 atom stereocenters. The molecule has 0 bridgehead atoms.